The highest BCUT2D eigenvalue weighted by Gasteiger charge is 2.27. The summed E-state index contributed by atoms with van der Waals surface area (Å²) in [6.45, 7) is 7.55. The van der Waals surface area contributed by atoms with E-state index in [9.17, 15) is 5.11 Å². The third-order valence-electron chi connectivity index (χ3n) is 3.96. The molecule has 3 atom stereocenters. The van der Waals surface area contributed by atoms with Crippen LogP contribution in [0.1, 0.15) is 19.4 Å². The monoisotopic (exact) mass is 274 g/mol. The quantitative estimate of drug-likeness (QED) is 0.891. The molecule has 0 spiro atoms. The van der Waals surface area contributed by atoms with E-state index in [-0.39, 0.29) is 6.61 Å². The zero-order chi connectivity index (χ0) is 14.5. The molecule has 20 heavy (non-hydrogen) atoms. The molecule has 3 unspecified atom stereocenters. The van der Waals surface area contributed by atoms with Gasteiger partial charge >= 0.3 is 0 Å². The van der Waals surface area contributed by atoms with E-state index in [1.54, 1.807) is 24.3 Å². The van der Waals surface area contributed by atoms with Gasteiger partial charge in [-0.25, -0.2) is 0 Å². The fourth-order valence-electron chi connectivity index (χ4n) is 2.57. The predicted octanol–water partition coefficient (Wildman–Crippen LogP) is 1.89. The molecule has 1 aliphatic heterocycles. The number of aliphatic hydroxyl groups excluding tert-OH is 1. The van der Waals surface area contributed by atoms with Crippen LogP contribution in [0.3, 0.4) is 0 Å². The molecule has 1 saturated heterocycles. The van der Waals surface area contributed by atoms with Crippen molar-refractivity contribution < 1.29 is 9.84 Å². The lowest BCUT2D eigenvalue weighted by molar-refractivity contribution is 0.0743. The molecule has 4 nitrogen and oxygen atoms in total. The van der Waals surface area contributed by atoms with Gasteiger partial charge in [0.15, 0.2) is 0 Å². The highest BCUT2D eigenvalue weighted by Crippen LogP contribution is 2.22. The third kappa shape index (κ3) is 3.96. The lowest BCUT2D eigenvalue weighted by atomic mass is 10.0. The second-order valence-corrected chi connectivity index (χ2v) is 5.77. The highest BCUT2D eigenvalue weighted by atomic mass is 16.5. The van der Waals surface area contributed by atoms with Gasteiger partial charge in [0.05, 0.1) is 11.6 Å². The van der Waals surface area contributed by atoms with Gasteiger partial charge in [-0.3, -0.25) is 0 Å². The predicted molar refractivity (Wildman–Crippen MR) is 77.4 cm³/mol. The minimum atomic E-state index is -0.483. The first-order chi connectivity index (χ1) is 9.58. The Kier molecular flexibility index (Phi) is 4.99. The number of ether oxygens (including phenoxy) is 1. The maximum Gasteiger partial charge on any atom is 0.119 e. The van der Waals surface area contributed by atoms with E-state index in [2.05, 4.69) is 24.8 Å². The molecule has 1 aromatic rings. The number of β-amino-alcohol motifs (C(OH)–C–C–N with tert-alkyl or cyclic N) is 1. The van der Waals surface area contributed by atoms with E-state index in [0.717, 1.165) is 13.1 Å². The average molecular weight is 274 g/mol. The topological polar surface area (TPSA) is 56.5 Å². The molecule has 0 amide bonds. The smallest absolute Gasteiger partial charge is 0.119 e. The van der Waals surface area contributed by atoms with Crippen molar-refractivity contribution in [3.8, 4) is 11.8 Å². The maximum atomic E-state index is 10.0. The van der Waals surface area contributed by atoms with Gasteiger partial charge in [0.25, 0.3) is 0 Å². The van der Waals surface area contributed by atoms with Crippen LogP contribution in [0.5, 0.6) is 5.75 Å². The molecular weight excluding hydrogens is 252 g/mol. The minimum absolute atomic E-state index is 0.283. The summed E-state index contributed by atoms with van der Waals surface area (Å²) in [5.41, 5.74) is 0.609. The molecule has 0 radical (unpaired) electrons. The second-order valence-electron chi connectivity index (χ2n) is 5.77. The minimum Gasteiger partial charge on any atom is -0.491 e. The number of hydrogen-bond donors (Lipinski definition) is 1. The Morgan fingerprint density at radius 1 is 1.30 bits per heavy atom. The van der Waals surface area contributed by atoms with Crippen molar-refractivity contribution >= 4 is 0 Å². The van der Waals surface area contributed by atoms with E-state index in [1.807, 2.05) is 0 Å². The van der Waals surface area contributed by atoms with Crippen LogP contribution in [0.2, 0.25) is 0 Å². The molecule has 4 heteroatoms. The Labute approximate surface area is 120 Å². The van der Waals surface area contributed by atoms with Crippen molar-refractivity contribution in [1.29, 1.82) is 5.26 Å². The molecule has 0 aromatic heterocycles. The number of benzene rings is 1. The summed E-state index contributed by atoms with van der Waals surface area (Å²) < 4.78 is 5.55. The Balaban J connectivity index is 1.74. The van der Waals surface area contributed by atoms with Crippen LogP contribution >= 0.6 is 0 Å². The Morgan fingerprint density at radius 2 is 1.90 bits per heavy atom. The van der Waals surface area contributed by atoms with Crippen LogP contribution in [0, 0.1) is 23.2 Å². The van der Waals surface area contributed by atoms with Crippen LogP contribution in [-0.2, 0) is 0 Å². The number of likely N-dealkylation sites (tertiary alicyclic amines) is 1. The van der Waals surface area contributed by atoms with Gasteiger partial charge in [0, 0.05) is 19.6 Å². The van der Waals surface area contributed by atoms with Gasteiger partial charge in [-0.05, 0) is 36.1 Å². The summed E-state index contributed by atoms with van der Waals surface area (Å²) in [7, 11) is 0. The Morgan fingerprint density at radius 3 is 2.45 bits per heavy atom. The molecule has 108 valence electrons. The van der Waals surface area contributed by atoms with Crippen molar-refractivity contribution in [2.75, 3.05) is 26.2 Å². The molecule has 1 aromatic carbocycles. The first-order valence-electron chi connectivity index (χ1n) is 7.12. The molecule has 0 bridgehead atoms. The third-order valence-corrected chi connectivity index (χ3v) is 3.96. The van der Waals surface area contributed by atoms with Gasteiger partial charge in [0.1, 0.15) is 18.5 Å². The Bertz CT molecular complexity index is 456. The van der Waals surface area contributed by atoms with Gasteiger partial charge in [-0.15, -0.1) is 0 Å². The normalized spacial score (nSPS) is 24.3. The summed E-state index contributed by atoms with van der Waals surface area (Å²) in [5, 5.41) is 18.7. The van der Waals surface area contributed by atoms with Crippen molar-refractivity contribution in [3.63, 3.8) is 0 Å². The van der Waals surface area contributed by atoms with E-state index < -0.39 is 6.10 Å². The molecule has 1 heterocycles. The molecule has 0 saturated carbocycles. The van der Waals surface area contributed by atoms with Crippen molar-refractivity contribution in [2.45, 2.75) is 20.0 Å². The summed E-state index contributed by atoms with van der Waals surface area (Å²) in [6, 6.07) is 9.00. The largest absolute Gasteiger partial charge is 0.491 e. The molecule has 1 fully saturated rings. The number of nitrogens with zero attached hydrogens (tertiary/aromatic N) is 2. The van der Waals surface area contributed by atoms with E-state index in [0.29, 0.717) is 29.7 Å². The first kappa shape index (κ1) is 14.8. The van der Waals surface area contributed by atoms with Crippen LogP contribution in [-0.4, -0.2) is 42.4 Å². The maximum absolute atomic E-state index is 10.0. The van der Waals surface area contributed by atoms with Crippen molar-refractivity contribution in [1.82, 2.24) is 4.90 Å². The SMILES string of the molecule is CC1CN(CC(O)COc2ccc(C#N)cc2)CC1C. The van der Waals surface area contributed by atoms with Crippen LogP contribution in [0.4, 0.5) is 0 Å². The first-order valence-corrected chi connectivity index (χ1v) is 7.12. The van der Waals surface area contributed by atoms with Crippen molar-refractivity contribution in [3.05, 3.63) is 29.8 Å². The van der Waals surface area contributed by atoms with Crippen LogP contribution in [0.15, 0.2) is 24.3 Å². The molecule has 1 N–H and O–H groups in total. The number of hydrogen-bond acceptors (Lipinski definition) is 4. The van der Waals surface area contributed by atoms with Gasteiger partial charge in [-0.1, -0.05) is 13.8 Å². The summed E-state index contributed by atoms with van der Waals surface area (Å²) in [5.74, 6) is 2.08. The fraction of sp³-hybridized carbons (Fsp3) is 0.562. The second kappa shape index (κ2) is 6.74. The molecule has 2 rings (SSSR count). The fourth-order valence-corrected chi connectivity index (χ4v) is 2.57. The van der Waals surface area contributed by atoms with E-state index in [4.69, 9.17) is 10.00 Å². The van der Waals surface area contributed by atoms with Crippen molar-refractivity contribution in [2.24, 2.45) is 11.8 Å². The zero-order valence-corrected chi connectivity index (χ0v) is 12.1. The van der Waals surface area contributed by atoms with E-state index in [1.165, 1.54) is 0 Å². The summed E-state index contributed by atoms with van der Waals surface area (Å²) >= 11 is 0. The standard InChI is InChI=1S/C16H22N2O2/c1-12-8-18(9-13(12)2)10-15(19)11-20-16-5-3-14(7-17)4-6-16/h3-6,12-13,15,19H,8-11H2,1-2H3. The number of nitriles is 1. The van der Waals surface area contributed by atoms with Gasteiger partial charge < -0.3 is 14.7 Å². The summed E-state index contributed by atoms with van der Waals surface area (Å²) in [4.78, 5) is 2.29. The van der Waals surface area contributed by atoms with Gasteiger partial charge in [0.2, 0.25) is 0 Å². The van der Waals surface area contributed by atoms with Crippen LogP contribution in [0.25, 0.3) is 0 Å². The number of rotatable bonds is 5. The lowest BCUT2D eigenvalue weighted by Crippen LogP contribution is -2.34. The molecular formula is C16H22N2O2. The van der Waals surface area contributed by atoms with E-state index >= 15 is 0 Å². The van der Waals surface area contributed by atoms with Crippen LogP contribution < -0.4 is 4.74 Å². The molecule has 1 aliphatic rings. The lowest BCUT2D eigenvalue weighted by Gasteiger charge is -2.20. The average Bonchev–Trinajstić information content (AvgIpc) is 2.75. The Hall–Kier alpha value is -1.57. The van der Waals surface area contributed by atoms with Gasteiger partial charge in [-0.2, -0.15) is 5.26 Å². The number of aliphatic hydroxyl groups is 1. The molecule has 0 aliphatic carbocycles. The summed E-state index contributed by atoms with van der Waals surface area (Å²) in [6.07, 6.45) is -0.483. The zero-order valence-electron chi connectivity index (χ0n) is 12.1. The highest BCUT2D eigenvalue weighted by molar-refractivity contribution is 5.34.